The summed E-state index contributed by atoms with van der Waals surface area (Å²) in [5.74, 6) is 2.11. The van der Waals surface area contributed by atoms with Crippen LogP contribution < -0.4 is 20.1 Å². The molecule has 8 heteroatoms. The second-order valence-corrected chi connectivity index (χ2v) is 6.03. The van der Waals surface area contributed by atoms with E-state index >= 15 is 0 Å². The lowest BCUT2D eigenvalue weighted by molar-refractivity contribution is 0.145. The van der Waals surface area contributed by atoms with E-state index in [0.717, 1.165) is 50.7 Å². The number of ether oxygens (including phenoxy) is 3. The van der Waals surface area contributed by atoms with Crippen molar-refractivity contribution in [1.29, 1.82) is 0 Å². The maximum Gasteiger partial charge on any atom is 0.191 e. The average Bonchev–Trinajstić information content (AvgIpc) is 2.85. The Balaban J connectivity index is 0.00000338. The molecule has 1 aliphatic rings. The number of hydrogen-bond acceptors (Lipinski definition) is 4. The van der Waals surface area contributed by atoms with Crippen LogP contribution in [0.3, 0.4) is 0 Å². The van der Waals surface area contributed by atoms with Crippen molar-refractivity contribution in [2.24, 2.45) is 4.99 Å². The van der Waals surface area contributed by atoms with E-state index in [1.165, 1.54) is 0 Å². The molecule has 1 aromatic carbocycles. The molecule has 0 radical (unpaired) electrons. The minimum atomic E-state index is 0. The molecule has 1 aliphatic heterocycles. The highest BCUT2D eigenvalue weighted by Gasteiger charge is 2.15. The zero-order chi connectivity index (χ0) is 17.9. The van der Waals surface area contributed by atoms with Crippen molar-refractivity contribution in [1.82, 2.24) is 10.6 Å². The molecular weight excluding hydrogens is 469 g/mol. The maximum absolute atomic E-state index is 6.33. The summed E-state index contributed by atoms with van der Waals surface area (Å²) in [5, 5.41) is 7.12. The molecule has 0 unspecified atom stereocenters. The molecule has 0 aliphatic carbocycles. The van der Waals surface area contributed by atoms with Crippen molar-refractivity contribution in [3.8, 4) is 11.5 Å². The molecular formula is C18H29ClIN3O3. The Kier molecular flexibility index (Phi) is 11.8. The third-order valence-corrected chi connectivity index (χ3v) is 3.87. The van der Waals surface area contributed by atoms with Crippen molar-refractivity contribution >= 4 is 41.5 Å². The molecule has 0 saturated heterocycles. The zero-order valence-corrected chi connectivity index (χ0v) is 18.6. The summed E-state index contributed by atoms with van der Waals surface area (Å²) in [5.41, 5.74) is 0.987. The van der Waals surface area contributed by atoms with Crippen LogP contribution in [0.15, 0.2) is 17.1 Å². The number of benzene rings is 1. The van der Waals surface area contributed by atoms with Crippen LogP contribution in [0.4, 0.5) is 0 Å². The quantitative estimate of drug-likeness (QED) is 0.249. The van der Waals surface area contributed by atoms with Gasteiger partial charge in [-0.25, -0.2) is 4.99 Å². The van der Waals surface area contributed by atoms with Crippen LogP contribution in [0.5, 0.6) is 11.5 Å². The molecule has 0 atom stereocenters. The summed E-state index contributed by atoms with van der Waals surface area (Å²) in [6.45, 7) is 8.94. The molecule has 26 heavy (non-hydrogen) atoms. The first-order chi connectivity index (χ1) is 12.2. The molecule has 2 rings (SSSR count). The fourth-order valence-corrected chi connectivity index (χ4v) is 2.70. The smallest absolute Gasteiger partial charge is 0.191 e. The fourth-order valence-electron chi connectivity index (χ4n) is 2.41. The molecule has 0 bridgehead atoms. The molecule has 0 aromatic heterocycles. The first kappa shape index (κ1) is 23.1. The van der Waals surface area contributed by atoms with Gasteiger partial charge in [-0.15, -0.1) is 24.0 Å². The summed E-state index contributed by atoms with van der Waals surface area (Å²) in [7, 11) is 0. The van der Waals surface area contributed by atoms with E-state index in [1.54, 1.807) is 0 Å². The molecule has 0 saturated carbocycles. The van der Waals surface area contributed by atoms with Gasteiger partial charge in [0, 0.05) is 32.7 Å². The average molecular weight is 498 g/mol. The van der Waals surface area contributed by atoms with Gasteiger partial charge in [-0.2, -0.15) is 0 Å². The summed E-state index contributed by atoms with van der Waals surface area (Å²) < 4.78 is 16.7. The topological polar surface area (TPSA) is 64.1 Å². The number of aliphatic imine (C=N–C) groups is 1. The Morgan fingerprint density at radius 2 is 2.04 bits per heavy atom. The van der Waals surface area contributed by atoms with Gasteiger partial charge in [0.05, 0.1) is 24.8 Å². The SMILES string of the molecule is CCNC(=NCc1cc(Cl)c2c(c1)OCCCO2)NCCCOCC.I. The van der Waals surface area contributed by atoms with Crippen molar-refractivity contribution in [3.63, 3.8) is 0 Å². The number of nitrogens with one attached hydrogen (secondary N) is 2. The van der Waals surface area contributed by atoms with E-state index in [2.05, 4.69) is 15.6 Å². The number of rotatable bonds is 8. The number of nitrogens with zero attached hydrogens (tertiary/aromatic N) is 1. The van der Waals surface area contributed by atoms with Crippen molar-refractivity contribution < 1.29 is 14.2 Å². The normalized spacial score (nSPS) is 13.6. The van der Waals surface area contributed by atoms with Crippen LogP contribution in [-0.2, 0) is 11.3 Å². The summed E-state index contributed by atoms with van der Waals surface area (Å²) >= 11 is 6.33. The van der Waals surface area contributed by atoms with Gasteiger partial charge >= 0.3 is 0 Å². The van der Waals surface area contributed by atoms with Crippen LogP contribution in [0.25, 0.3) is 0 Å². The second kappa shape index (κ2) is 13.3. The number of hydrogen-bond donors (Lipinski definition) is 2. The van der Waals surface area contributed by atoms with Crippen molar-refractivity contribution in [3.05, 3.63) is 22.7 Å². The summed E-state index contributed by atoms with van der Waals surface area (Å²) in [6, 6.07) is 3.84. The van der Waals surface area contributed by atoms with Gasteiger partial charge in [0.15, 0.2) is 17.5 Å². The van der Waals surface area contributed by atoms with Gasteiger partial charge in [0.1, 0.15) is 0 Å². The predicted octanol–water partition coefficient (Wildman–Crippen LogP) is 3.60. The third kappa shape index (κ3) is 7.75. The maximum atomic E-state index is 6.33. The molecule has 1 aromatic rings. The number of guanidine groups is 1. The van der Waals surface area contributed by atoms with Crippen LogP contribution in [0.2, 0.25) is 5.02 Å². The minimum absolute atomic E-state index is 0. The van der Waals surface area contributed by atoms with E-state index in [4.69, 9.17) is 25.8 Å². The number of fused-ring (bicyclic) bond motifs is 1. The Bertz CT molecular complexity index is 573. The Morgan fingerprint density at radius 1 is 1.23 bits per heavy atom. The Labute approximate surface area is 178 Å². The van der Waals surface area contributed by atoms with E-state index in [1.807, 2.05) is 26.0 Å². The van der Waals surface area contributed by atoms with Gasteiger partial charge in [-0.1, -0.05) is 11.6 Å². The highest BCUT2D eigenvalue weighted by atomic mass is 127. The molecule has 0 fully saturated rings. The molecule has 2 N–H and O–H groups in total. The molecule has 1 heterocycles. The van der Waals surface area contributed by atoms with Gasteiger partial charge in [-0.3, -0.25) is 0 Å². The zero-order valence-electron chi connectivity index (χ0n) is 15.5. The largest absolute Gasteiger partial charge is 0.489 e. The van der Waals surface area contributed by atoms with E-state index in [0.29, 0.717) is 36.3 Å². The summed E-state index contributed by atoms with van der Waals surface area (Å²) in [6.07, 6.45) is 1.79. The number of halogens is 2. The standard InChI is InChI=1S/C18H28ClN3O3.HI/c1-3-20-18(21-7-5-8-23-4-2)22-13-14-11-15(19)17-16(12-14)24-9-6-10-25-17;/h11-12H,3-10,13H2,1-2H3,(H2,20,21,22);1H. The van der Waals surface area contributed by atoms with Crippen LogP contribution >= 0.6 is 35.6 Å². The van der Waals surface area contributed by atoms with Crippen LogP contribution in [-0.4, -0.2) is 45.5 Å². The lowest BCUT2D eigenvalue weighted by Gasteiger charge is -2.13. The fraction of sp³-hybridized carbons (Fsp3) is 0.611. The minimum Gasteiger partial charge on any atom is -0.489 e. The Hall–Kier alpha value is -0.930. The summed E-state index contributed by atoms with van der Waals surface area (Å²) in [4.78, 5) is 4.61. The van der Waals surface area contributed by atoms with E-state index in [-0.39, 0.29) is 24.0 Å². The third-order valence-electron chi connectivity index (χ3n) is 3.59. The van der Waals surface area contributed by atoms with Crippen LogP contribution in [0.1, 0.15) is 32.3 Å². The van der Waals surface area contributed by atoms with E-state index < -0.39 is 0 Å². The second-order valence-electron chi connectivity index (χ2n) is 5.63. The van der Waals surface area contributed by atoms with Gasteiger partial charge in [0.2, 0.25) is 0 Å². The predicted molar refractivity (Wildman–Crippen MR) is 116 cm³/mol. The first-order valence-electron chi connectivity index (χ1n) is 8.92. The molecule has 0 amide bonds. The Morgan fingerprint density at radius 3 is 2.81 bits per heavy atom. The highest BCUT2D eigenvalue weighted by molar-refractivity contribution is 14.0. The first-order valence-corrected chi connectivity index (χ1v) is 9.30. The monoisotopic (exact) mass is 497 g/mol. The van der Waals surface area contributed by atoms with Crippen molar-refractivity contribution in [2.45, 2.75) is 33.2 Å². The van der Waals surface area contributed by atoms with E-state index in [9.17, 15) is 0 Å². The highest BCUT2D eigenvalue weighted by Crippen LogP contribution is 2.38. The lowest BCUT2D eigenvalue weighted by atomic mass is 10.2. The molecule has 6 nitrogen and oxygen atoms in total. The molecule has 0 spiro atoms. The van der Waals surface area contributed by atoms with Gasteiger partial charge < -0.3 is 24.8 Å². The lowest BCUT2D eigenvalue weighted by Crippen LogP contribution is -2.38. The van der Waals surface area contributed by atoms with Crippen molar-refractivity contribution in [2.75, 3.05) is 39.5 Å². The van der Waals surface area contributed by atoms with Crippen LogP contribution in [0, 0.1) is 0 Å². The van der Waals surface area contributed by atoms with Gasteiger partial charge in [0.25, 0.3) is 0 Å². The molecule has 148 valence electrons. The van der Waals surface area contributed by atoms with Gasteiger partial charge in [-0.05, 0) is 38.0 Å².